The van der Waals surface area contributed by atoms with Crippen molar-refractivity contribution in [1.82, 2.24) is 19.6 Å². The van der Waals surface area contributed by atoms with Gasteiger partial charge in [0.2, 0.25) is 0 Å². The topological polar surface area (TPSA) is 70.2 Å². The smallest absolute Gasteiger partial charge is 0.143 e. The molecule has 0 bridgehead atoms. The number of benzene rings is 2. The fourth-order valence-corrected chi connectivity index (χ4v) is 4.75. The summed E-state index contributed by atoms with van der Waals surface area (Å²) >= 11 is 0. The van der Waals surface area contributed by atoms with Crippen molar-refractivity contribution in [3.05, 3.63) is 54.2 Å². The number of aryl methyl sites for hydroxylation is 1. The van der Waals surface area contributed by atoms with Crippen molar-refractivity contribution >= 4 is 32.9 Å². The lowest BCUT2D eigenvalue weighted by atomic mass is 9.99. The molecule has 0 amide bonds. The number of aromatic amines is 1. The highest BCUT2D eigenvalue weighted by Crippen LogP contribution is 2.39. The molecule has 172 valence electrons. The van der Waals surface area contributed by atoms with E-state index in [0.717, 1.165) is 62.2 Å². The molecule has 0 aliphatic rings. The largest absolute Gasteiger partial charge is 0.491 e. The molecule has 0 saturated heterocycles. The average Bonchev–Trinajstić information content (AvgIpc) is 3.16. The van der Waals surface area contributed by atoms with E-state index in [2.05, 4.69) is 51.9 Å². The summed E-state index contributed by atoms with van der Waals surface area (Å²) in [6.45, 7) is 6.26. The summed E-state index contributed by atoms with van der Waals surface area (Å²) in [6, 6.07) is 14.2. The summed E-state index contributed by atoms with van der Waals surface area (Å²) in [5.41, 5.74) is 4.96. The highest BCUT2D eigenvalue weighted by Gasteiger charge is 2.16. The van der Waals surface area contributed by atoms with Gasteiger partial charge in [-0.05, 0) is 74.5 Å². The molecule has 0 aliphatic carbocycles. The van der Waals surface area contributed by atoms with Gasteiger partial charge in [0, 0.05) is 32.9 Å². The summed E-state index contributed by atoms with van der Waals surface area (Å²) < 4.78 is 21.7. The number of rotatable bonds is 9. The Morgan fingerprint density at radius 1 is 1.22 bits per heavy atom. The van der Waals surface area contributed by atoms with Gasteiger partial charge in [-0.1, -0.05) is 19.1 Å². The molecular weight excluding hydrogens is 420 g/mol. The van der Waals surface area contributed by atoms with E-state index in [1.54, 1.807) is 0 Å². The van der Waals surface area contributed by atoms with Crippen molar-refractivity contribution in [2.45, 2.75) is 25.2 Å². The highest BCUT2D eigenvalue weighted by atomic mass is 32.2. The van der Waals surface area contributed by atoms with Gasteiger partial charge in [0.15, 0.2) is 0 Å². The normalized spacial score (nSPS) is 12.7. The second-order valence-corrected chi connectivity index (χ2v) is 9.49. The summed E-state index contributed by atoms with van der Waals surface area (Å²) in [5, 5.41) is 2.14. The lowest BCUT2D eigenvalue weighted by Crippen LogP contribution is -2.16. The van der Waals surface area contributed by atoms with E-state index in [-0.39, 0.29) is 2.85 Å². The van der Waals surface area contributed by atoms with Crippen LogP contribution in [0.5, 0.6) is 5.75 Å². The molecule has 6 nitrogen and oxygen atoms in total. The lowest BCUT2D eigenvalue weighted by molar-refractivity contribution is 0.284. The Hall–Kier alpha value is -2.74. The quantitative estimate of drug-likeness (QED) is 0.343. The molecule has 4 rings (SSSR count). The van der Waals surface area contributed by atoms with Gasteiger partial charge in [-0.15, -0.1) is 0 Å². The van der Waals surface area contributed by atoms with Gasteiger partial charge >= 0.3 is 0 Å². The second-order valence-electron chi connectivity index (χ2n) is 8.19. The molecule has 0 fully saturated rings. The van der Waals surface area contributed by atoms with E-state index >= 15 is 0 Å². The van der Waals surface area contributed by atoms with Crippen molar-refractivity contribution in [3.63, 3.8) is 0 Å². The van der Waals surface area contributed by atoms with Gasteiger partial charge in [0.05, 0.1) is 17.0 Å². The van der Waals surface area contributed by atoms with Gasteiger partial charge < -0.3 is 14.6 Å². The maximum Gasteiger partial charge on any atom is 0.143 e. The van der Waals surface area contributed by atoms with Crippen LogP contribution in [0.25, 0.3) is 33.1 Å². The highest BCUT2D eigenvalue weighted by molar-refractivity contribution is 7.83. The van der Waals surface area contributed by atoms with Crippen LogP contribution in [0.1, 0.15) is 21.8 Å². The van der Waals surface area contributed by atoms with E-state index < -0.39 is 11.0 Å². The molecule has 4 aromatic rings. The summed E-state index contributed by atoms with van der Waals surface area (Å²) in [6.07, 6.45) is 2.82. The zero-order chi connectivity index (χ0) is 22.7. The minimum Gasteiger partial charge on any atom is -0.491 e. The van der Waals surface area contributed by atoms with Crippen LogP contribution in [0.3, 0.4) is 0 Å². The number of fused-ring (bicyclic) bond motifs is 3. The van der Waals surface area contributed by atoms with E-state index in [1.807, 2.05) is 44.3 Å². The molecule has 2 aromatic heterocycles. The Balaban J connectivity index is 0.00000204. The van der Waals surface area contributed by atoms with E-state index in [9.17, 15) is 4.21 Å². The standard InChI is InChI=1S/C25H30N4O2S.2H2/c1-5-27-32(30)19-9-6-8-18(15-19)20-10-11-22(31-13-7-12-29(3)4)24-23(20)21-14-17(2)16-26-25(21)28-24;;/h6,8-11,14-16,27H,5,7,12-13H2,1-4H3,(H,26,28);2*1H. The molecular formula is C25H34N4O2S. The lowest BCUT2D eigenvalue weighted by Gasteiger charge is -2.13. The fraction of sp³-hybridized carbons (Fsp3) is 0.320. The van der Waals surface area contributed by atoms with Crippen LogP contribution in [0.4, 0.5) is 0 Å². The summed E-state index contributed by atoms with van der Waals surface area (Å²) in [4.78, 5) is 11.0. The maximum atomic E-state index is 12.5. The molecule has 2 aromatic carbocycles. The van der Waals surface area contributed by atoms with Crippen molar-refractivity contribution in [1.29, 1.82) is 0 Å². The number of hydrogen-bond acceptors (Lipinski definition) is 4. The van der Waals surface area contributed by atoms with Crippen LogP contribution in [-0.2, 0) is 11.0 Å². The Morgan fingerprint density at radius 2 is 2.06 bits per heavy atom. The Bertz CT molecular complexity index is 1280. The first-order valence-corrected chi connectivity index (χ1v) is 12.1. The predicted molar refractivity (Wildman–Crippen MR) is 137 cm³/mol. The van der Waals surface area contributed by atoms with Gasteiger partial charge in [-0.3, -0.25) is 0 Å². The van der Waals surface area contributed by atoms with Crippen LogP contribution in [0.2, 0.25) is 0 Å². The Morgan fingerprint density at radius 3 is 2.84 bits per heavy atom. The van der Waals surface area contributed by atoms with Crippen LogP contribution < -0.4 is 9.46 Å². The van der Waals surface area contributed by atoms with Crippen LogP contribution in [-0.4, -0.2) is 52.9 Å². The summed E-state index contributed by atoms with van der Waals surface area (Å²) in [5.74, 6) is 0.825. The second kappa shape index (κ2) is 9.81. The number of H-pyrrole nitrogens is 1. The minimum atomic E-state index is -1.23. The first-order valence-electron chi connectivity index (χ1n) is 10.9. The summed E-state index contributed by atoms with van der Waals surface area (Å²) in [7, 11) is 2.90. The van der Waals surface area contributed by atoms with Crippen molar-refractivity contribution in [2.24, 2.45) is 0 Å². The van der Waals surface area contributed by atoms with Crippen LogP contribution in [0.15, 0.2) is 53.6 Å². The molecule has 0 saturated carbocycles. The molecule has 0 spiro atoms. The van der Waals surface area contributed by atoms with Crippen molar-refractivity contribution < 1.29 is 11.8 Å². The first-order chi connectivity index (χ1) is 15.5. The Kier molecular flexibility index (Phi) is 6.89. The third-order valence-corrected chi connectivity index (χ3v) is 6.58. The number of nitrogens with zero attached hydrogens (tertiary/aromatic N) is 2. The molecule has 0 radical (unpaired) electrons. The molecule has 7 heteroatoms. The SMILES string of the molecule is CCNS(=O)c1cccc(-c2ccc(OCCCN(C)C)c3[nH]c4ncc(C)cc4c23)c1.[HH].[HH]. The molecule has 2 heterocycles. The third kappa shape index (κ3) is 4.70. The van der Waals surface area contributed by atoms with Crippen molar-refractivity contribution in [3.8, 4) is 16.9 Å². The molecule has 1 atom stereocenters. The molecule has 2 N–H and O–H groups in total. The number of hydrogen-bond donors (Lipinski definition) is 2. The Labute approximate surface area is 194 Å². The molecule has 1 unspecified atom stereocenters. The number of nitrogens with one attached hydrogen (secondary N) is 2. The average molecular weight is 455 g/mol. The van der Waals surface area contributed by atoms with Crippen LogP contribution in [0, 0.1) is 6.92 Å². The zero-order valence-electron chi connectivity index (χ0n) is 19.1. The van der Waals surface area contributed by atoms with Gasteiger partial charge in [0.25, 0.3) is 0 Å². The number of aromatic nitrogens is 2. The zero-order valence-corrected chi connectivity index (χ0v) is 19.9. The first kappa shape index (κ1) is 22.5. The predicted octanol–water partition coefficient (Wildman–Crippen LogP) is 5.15. The molecule has 32 heavy (non-hydrogen) atoms. The van der Waals surface area contributed by atoms with E-state index in [0.29, 0.717) is 13.2 Å². The molecule has 0 aliphatic heterocycles. The third-order valence-electron chi connectivity index (χ3n) is 5.35. The number of pyridine rings is 1. The number of ether oxygens (including phenoxy) is 1. The van der Waals surface area contributed by atoms with Crippen molar-refractivity contribution in [2.75, 3.05) is 33.8 Å². The fourth-order valence-electron chi connectivity index (χ4n) is 3.88. The monoisotopic (exact) mass is 454 g/mol. The van der Waals surface area contributed by atoms with Gasteiger partial charge in [-0.2, -0.15) is 0 Å². The van der Waals surface area contributed by atoms with E-state index in [1.165, 1.54) is 0 Å². The van der Waals surface area contributed by atoms with Gasteiger partial charge in [0.1, 0.15) is 22.4 Å². The van der Waals surface area contributed by atoms with Crippen LogP contribution >= 0.6 is 0 Å². The van der Waals surface area contributed by atoms with E-state index in [4.69, 9.17) is 4.74 Å². The maximum absolute atomic E-state index is 12.5. The van der Waals surface area contributed by atoms with Gasteiger partial charge in [-0.25, -0.2) is 13.9 Å². The minimum absolute atomic E-state index is 0.